The minimum atomic E-state index is 0.0123. The first-order valence-electron chi connectivity index (χ1n) is 12.6. The van der Waals surface area contributed by atoms with Gasteiger partial charge in [0.25, 0.3) is 0 Å². The van der Waals surface area contributed by atoms with Crippen molar-refractivity contribution in [1.29, 1.82) is 0 Å². The molecule has 0 unspecified atom stereocenters. The molecular formula is C28H42N4O. The molecule has 1 saturated carbocycles. The van der Waals surface area contributed by atoms with Crippen LogP contribution in [-0.2, 0) is 0 Å². The van der Waals surface area contributed by atoms with E-state index in [0.717, 1.165) is 51.4 Å². The van der Waals surface area contributed by atoms with Crippen LogP contribution in [0.3, 0.4) is 0 Å². The Kier molecular flexibility index (Phi) is 9.76. The first-order valence-corrected chi connectivity index (χ1v) is 12.6. The van der Waals surface area contributed by atoms with Gasteiger partial charge in [0.2, 0.25) is 0 Å². The molecule has 3 rings (SSSR count). The van der Waals surface area contributed by atoms with E-state index in [2.05, 4.69) is 46.5 Å². The zero-order valence-electron chi connectivity index (χ0n) is 20.5. The summed E-state index contributed by atoms with van der Waals surface area (Å²) in [5.74, 6) is 0. The lowest BCUT2D eigenvalue weighted by Gasteiger charge is -2.51. The van der Waals surface area contributed by atoms with Crippen molar-refractivity contribution >= 4 is 11.7 Å². The molecule has 0 radical (unpaired) electrons. The van der Waals surface area contributed by atoms with E-state index in [4.69, 9.17) is 0 Å². The second-order valence-electron chi connectivity index (χ2n) is 9.30. The number of carbonyl (C=O) groups is 1. The number of allylic oxidation sites excluding steroid dienone is 3. The summed E-state index contributed by atoms with van der Waals surface area (Å²) in [4.78, 5) is 20.3. The molecule has 1 aliphatic carbocycles. The van der Waals surface area contributed by atoms with Gasteiger partial charge in [0.1, 0.15) is 0 Å². The molecule has 5 heteroatoms. The van der Waals surface area contributed by atoms with Crippen LogP contribution in [0.1, 0.15) is 45.4 Å². The highest BCUT2D eigenvalue weighted by atomic mass is 16.2. The van der Waals surface area contributed by atoms with E-state index in [1.807, 2.05) is 42.2 Å². The number of benzene rings is 1. The van der Waals surface area contributed by atoms with Crippen molar-refractivity contribution in [1.82, 2.24) is 15.1 Å². The topological polar surface area (TPSA) is 38.8 Å². The number of anilines is 1. The Morgan fingerprint density at radius 3 is 2.39 bits per heavy atom. The van der Waals surface area contributed by atoms with E-state index in [1.54, 1.807) is 0 Å². The predicted octanol–water partition coefficient (Wildman–Crippen LogP) is 5.23. The maximum atomic E-state index is 13.1. The van der Waals surface area contributed by atoms with Gasteiger partial charge in [-0.2, -0.15) is 0 Å². The van der Waals surface area contributed by atoms with E-state index in [1.165, 1.54) is 37.7 Å². The lowest BCUT2D eigenvalue weighted by Crippen LogP contribution is -2.63. The van der Waals surface area contributed by atoms with Crippen LogP contribution in [0.5, 0.6) is 0 Å². The summed E-state index contributed by atoms with van der Waals surface area (Å²) in [7, 11) is 0. The van der Waals surface area contributed by atoms with Crippen molar-refractivity contribution in [2.45, 2.75) is 51.0 Å². The molecule has 180 valence electrons. The molecule has 1 heterocycles. The Morgan fingerprint density at radius 1 is 1.09 bits per heavy atom. The van der Waals surface area contributed by atoms with Gasteiger partial charge in [-0.15, -0.1) is 0 Å². The third kappa shape index (κ3) is 6.81. The molecule has 1 aliphatic heterocycles. The monoisotopic (exact) mass is 450 g/mol. The lowest BCUT2D eigenvalue weighted by atomic mass is 9.79. The molecule has 0 bridgehead atoms. The highest BCUT2D eigenvalue weighted by Gasteiger charge is 2.41. The molecule has 33 heavy (non-hydrogen) atoms. The van der Waals surface area contributed by atoms with Crippen LogP contribution in [-0.4, -0.2) is 67.2 Å². The maximum Gasteiger partial charge on any atom is 0.321 e. The standard InChI is InChI=1S/C28H42N4O/c1-4-13-25(5-2)16-19-30-20-22-31(23-21-30)28(17-11-8-12-18-28)24-32(27(33)29-6-3)26-14-9-7-10-15-26/h4-5,7,9-10,13-15H,1-2,6,8,11-12,16-24H2,3H3,(H,29,33)/b25-13+. The normalized spacial score (nSPS) is 19.6. The van der Waals surface area contributed by atoms with Gasteiger partial charge in [0.15, 0.2) is 0 Å². The lowest BCUT2D eigenvalue weighted by molar-refractivity contribution is 0.0130. The van der Waals surface area contributed by atoms with Gasteiger partial charge in [-0.3, -0.25) is 9.80 Å². The number of para-hydroxylation sites is 1. The number of piperazine rings is 1. The third-order valence-corrected chi connectivity index (χ3v) is 7.23. The summed E-state index contributed by atoms with van der Waals surface area (Å²) in [6.45, 7) is 16.4. The molecule has 0 aromatic heterocycles. The number of carbonyl (C=O) groups excluding carboxylic acids is 1. The van der Waals surface area contributed by atoms with Crippen molar-refractivity contribution < 1.29 is 4.79 Å². The number of urea groups is 1. The summed E-state index contributed by atoms with van der Waals surface area (Å²) >= 11 is 0. The van der Waals surface area contributed by atoms with Crippen LogP contribution in [0.25, 0.3) is 0 Å². The van der Waals surface area contributed by atoms with Gasteiger partial charge >= 0.3 is 6.03 Å². The number of amides is 2. The molecule has 2 fully saturated rings. The molecule has 0 atom stereocenters. The Labute approximate surface area is 200 Å². The molecule has 1 N–H and O–H groups in total. The fourth-order valence-electron chi connectivity index (χ4n) is 5.35. The highest BCUT2D eigenvalue weighted by molar-refractivity contribution is 5.92. The summed E-state index contributed by atoms with van der Waals surface area (Å²) in [5.41, 5.74) is 2.29. The molecule has 2 aliphatic rings. The number of nitrogens with one attached hydrogen (secondary N) is 1. The molecule has 5 nitrogen and oxygen atoms in total. The zero-order chi connectivity index (χ0) is 23.5. The van der Waals surface area contributed by atoms with Gasteiger partial charge in [-0.1, -0.05) is 68.8 Å². The quantitative estimate of drug-likeness (QED) is 0.496. The molecular weight excluding hydrogens is 408 g/mol. The minimum Gasteiger partial charge on any atom is -0.338 e. The highest BCUT2D eigenvalue weighted by Crippen LogP contribution is 2.36. The molecule has 2 amide bonds. The summed E-state index contributed by atoms with van der Waals surface area (Å²) in [6.07, 6.45) is 13.0. The molecule has 0 spiro atoms. The average molecular weight is 451 g/mol. The van der Waals surface area contributed by atoms with Crippen molar-refractivity contribution in [3.8, 4) is 0 Å². The van der Waals surface area contributed by atoms with Crippen molar-refractivity contribution in [2.75, 3.05) is 50.7 Å². The second kappa shape index (κ2) is 12.8. The van der Waals surface area contributed by atoms with Crippen LogP contribution in [0.15, 0.2) is 67.3 Å². The second-order valence-corrected chi connectivity index (χ2v) is 9.30. The van der Waals surface area contributed by atoms with Gasteiger partial charge in [-0.05, 0) is 43.9 Å². The molecule has 1 aromatic carbocycles. The summed E-state index contributed by atoms with van der Waals surface area (Å²) in [6, 6.07) is 10.2. The Balaban J connectivity index is 1.71. The number of hydrogen-bond acceptors (Lipinski definition) is 3. The third-order valence-electron chi connectivity index (χ3n) is 7.23. The van der Waals surface area contributed by atoms with Crippen molar-refractivity contribution in [3.63, 3.8) is 0 Å². The van der Waals surface area contributed by atoms with Crippen molar-refractivity contribution in [2.24, 2.45) is 0 Å². The fraction of sp³-hybridized carbons (Fsp3) is 0.536. The molecule has 1 saturated heterocycles. The predicted molar refractivity (Wildman–Crippen MR) is 140 cm³/mol. The first kappa shape index (κ1) is 25.3. The first-order chi connectivity index (χ1) is 16.1. The van der Waals surface area contributed by atoms with Crippen LogP contribution in [0, 0.1) is 0 Å². The van der Waals surface area contributed by atoms with E-state index >= 15 is 0 Å². The van der Waals surface area contributed by atoms with E-state index < -0.39 is 0 Å². The Bertz CT molecular complexity index is 789. The SMILES string of the molecule is C=C/C=C(\C=C)CCN1CCN(C2(CN(C(=O)NCC)c3ccccc3)CCCCC2)CC1. The maximum absolute atomic E-state index is 13.1. The van der Waals surface area contributed by atoms with Crippen LogP contribution in [0.2, 0.25) is 0 Å². The summed E-state index contributed by atoms with van der Waals surface area (Å²) < 4.78 is 0. The summed E-state index contributed by atoms with van der Waals surface area (Å²) in [5, 5.41) is 3.04. The minimum absolute atomic E-state index is 0.0123. The smallest absolute Gasteiger partial charge is 0.321 e. The van der Waals surface area contributed by atoms with Crippen molar-refractivity contribution in [3.05, 3.63) is 67.3 Å². The average Bonchev–Trinajstić information content (AvgIpc) is 2.86. The van der Waals surface area contributed by atoms with Gasteiger partial charge in [0.05, 0.1) is 0 Å². The number of nitrogens with zero attached hydrogens (tertiary/aromatic N) is 3. The number of rotatable bonds is 10. The van der Waals surface area contributed by atoms with Gasteiger partial charge in [-0.25, -0.2) is 4.79 Å². The van der Waals surface area contributed by atoms with Gasteiger partial charge < -0.3 is 10.2 Å². The Hall–Kier alpha value is -2.37. The van der Waals surface area contributed by atoms with Gasteiger partial charge in [0, 0.05) is 57.0 Å². The number of hydrogen-bond donors (Lipinski definition) is 1. The van der Waals surface area contributed by atoms with Crippen LogP contribution in [0.4, 0.5) is 10.5 Å². The van der Waals surface area contributed by atoms with E-state index in [9.17, 15) is 4.79 Å². The van der Waals surface area contributed by atoms with E-state index in [-0.39, 0.29) is 11.6 Å². The largest absolute Gasteiger partial charge is 0.338 e. The Morgan fingerprint density at radius 2 is 1.79 bits per heavy atom. The fourth-order valence-corrected chi connectivity index (χ4v) is 5.35. The molecule has 1 aromatic rings. The van der Waals surface area contributed by atoms with E-state index in [0.29, 0.717) is 6.54 Å². The van der Waals surface area contributed by atoms with Crippen LogP contribution < -0.4 is 10.2 Å². The zero-order valence-corrected chi connectivity index (χ0v) is 20.5. The van der Waals surface area contributed by atoms with Crippen LogP contribution >= 0.6 is 0 Å².